The van der Waals surface area contributed by atoms with Crippen LogP contribution in [-0.4, -0.2) is 38.2 Å². The summed E-state index contributed by atoms with van der Waals surface area (Å²) in [6.45, 7) is 1.65. The highest BCUT2D eigenvalue weighted by molar-refractivity contribution is 6.20. The lowest BCUT2D eigenvalue weighted by atomic mass is 10.0. The molecular weight excluding hydrogens is 276 g/mol. The molecule has 0 amide bonds. The molecule has 1 aromatic rings. The van der Waals surface area contributed by atoms with E-state index in [2.05, 4.69) is 4.74 Å². The molecule has 0 spiro atoms. The first-order valence-electron chi connectivity index (χ1n) is 6.26. The number of benzene rings is 1. The molecule has 114 valence electrons. The molecule has 0 unspecified atom stereocenters. The molecular formula is C15H18O6. The molecule has 0 atom stereocenters. The number of methoxy groups -OCH3 is 3. The van der Waals surface area contributed by atoms with Gasteiger partial charge >= 0.3 is 5.97 Å². The molecule has 0 bridgehead atoms. The number of rotatable bonds is 6. The van der Waals surface area contributed by atoms with Crippen LogP contribution in [0.25, 0.3) is 6.08 Å². The Morgan fingerprint density at radius 3 is 2.05 bits per heavy atom. The van der Waals surface area contributed by atoms with E-state index in [1.165, 1.54) is 39.5 Å². The minimum atomic E-state index is -0.715. The number of carbonyl (C=O) groups is 2. The van der Waals surface area contributed by atoms with Crippen molar-refractivity contribution in [3.8, 4) is 17.2 Å². The number of ether oxygens (including phenoxy) is 3. The lowest BCUT2D eigenvalue weighted by Gasteiger charge is -2.10. The number of hydrogen-bond acceptors (Lipinski definition) is 6. The molecule has 0 aliphatic carbocycles. The van der Waals surface area contributed by atoms with Crippen LogP contribution in [0.1, 0.15) is 18.9 Å². The van der Waals surface area contributed by atoms with Crippen molar-refractivity contribution in [2.24, 2.45) is 0 Å². The van der Waals surface area contributed by atoms with E-state index in [1.54, 1.807) is 6.92 Å². The molecule has 1 aromatic carbocycles. The normalized spacial score (nSPS) is 11.0. The smallest absolute Gasteiger partial charge is 0.341 e. The largest absolute Gasteiger partial charge is 0.502 e. The van der Waals surface area contributed by atoms with Gasteiger partial charge in [0.15, 0.2) is 17.3 Å². The second-order valence-corrected chi connectivity index (χ2v) is 4.10. The van der Waals surface area contributed by atoms with Gasteiger partial charge in [-0.05, 0) is 23.8 Å². The van der Waals surface area contributed by atoms with Gasteiger partial charge in [-0.3, -0.25) is 4.79 Å². The standard InChI is InChI=1S/C15H18O6/c1-5-11(16)10(15(18)21-4)6-9-7-12(19-2)14(17)13(8-9)20-3/h6-8,17H,5H2,1-4H3/b10-6+. The highest BCUT2D eigenvalue weighted by Gasteiger charge is 2.18. The lowest BCUT2D eigenvalue weighted by Crippen LogP contribution is -2.13. The van der Waals surface area contributed by atoms with Gasteiger partial charge < -0.3 is 19.3 Å². The summed E-state index contributed by atoms with van der Waals surface area (Å²) in [6, 6.07) is 2.98. The number of carbonyl (C=O) groups excluding carboxylic acids is 2. The van der Waals surface area contributed by atoms with E-state index in [0.29, 0.717) is 5.56 Å². The number of hydrogen-bond donors (Lipinski definition) is 1. The first kappa shape index (κ1) is 16.6. The van der Waals surface area contributed by atoms with Crippen LogP contribution in [0.15, 0.2) is 17.7 Å². The third-order valence-corrected chi connectivity index (χ3v) is 2.84. The summed E-state index contributed by atoms with van der Waals surface area (Å²) in [5.41, 5.74) is 0.401. The van der Waals surface area contributed by atoms with E-state index in [0.717, 1.165) is 0 Å². The van der Waals surface area contributed by atoms with Crippen LogP contribution in [0.2, 0.25) is 0 Å². The minimum absolute atomic E-state index is 0.0743. The highest BCUT2D eigenvalue weighted by Crippen LogP contribution is 2.37. The zero-order chi connectivity index (χ0) is 16.0. The van der Waals surface area contributed by atoms with Crippen molar-refractivity contribution in [3.63, 3.8) is 0 Å². The number of aromatic hydroxyl groups is 1. The van der Waals surface area contributed by atoms with Gasteiger partial charge in [-0.2, -0.15) is 0 Å². The van der Waals surface area contributed by atoms with Crippen LogP contribution >= 0.6 is 0 Å². The summed E-state index contributed by atoms with van der Waals surface area (Å²) in [5, 5.41) is 9.83. The lowest BCUT2D eigenvalue weighted by molar-refractivity contribution is -0.137. The first-order chi connectivity index (χ1) is 9.98. The molecule has 21 heavy (non-hydrogen) atoms. The van der Waals surface area contributed by atoms with Gasteiger partial charge in [-0.25, -0.2) is 4.79 Å². The predicted molar refractivity (Wildman–Crippen MR) is 76.5 cm³/mol. The SMILES string of the molecule is CCC(=O)/C(=C\c1cc(OC)c(O)c(OC)c1)C(=O)OC. The number of phenols is 1. The second kappa shape index (κ2) is 7.33. The molecule has 0 fully saturated rings. The van der Waals surface area contributed by atoms with E-state index in [4.69, 9.17) is 9.47 Å². The second-order valence-electron chi connectivity index (χ2n) is 4.10. The quantitative estimate of drug-likeness (QED) is 0.374. The fourth-order valence-corrected chi connectivity index (χ4v) is 1.72. The topological polar surface area (TPSA) is 82.1 Å². The summed E-state index contributed by atoms with van der Waals surface area (Å²) in [7, 11) is 3.98. The molecule has 0 radical (unpaired) electrons. The molecule has 0 heterocycles. The number of esters is 1. The Labute approximate surface area is 122 Å². The summed E-state index contributed by atoms with van der Waals surface area (Å²) in [4.78, 5) is 23.5. The van der Waals surface area contributed by atoms with Crippen LogP contribution in [0.4, 0.5) is 0 Å². The molecule has 0 aliphatic heterocycles. The van der Waals surface area contributed by atoms with Gasteiger partial charge in [-0.15, -0.1) is 0 Å². The molecule has 1 rings (SSSR count). The van der Waals surface area contributed by atoms with E-state index in [9.17, 15) is 14.7 Å². The fraction of sp³-hybridized carbons (Fsp3) is 0.333. The van der Waals surface area contributed by atoms with Gasteiger partial charge in [0.1, 0.15) is 5.57 Å². The zero-order valence-electron chi connectivity index (χ0n) is 12.4. The zero-order valence-corrected chi connectivity index (χ0v) is 12.4. The van der Waals surface area contributed by atoms with Gasteiger partial charge in [0.05, 0.1) is 21.3 Å². The van der Waals surface area contributed by atoms with Crippen molar-refractivity contribution in [3.05, 3.63) is 23.3 Å². The Hall–Kier alpha value is -2.50. The van der Waals surface area contributed by atoms with E-state index < -0.39 is 5.97 Å². The molecule has 6 nitrogen and oxygen atoms in total. The number of Topliss-reactive ketones (excluding diaryl/α,β-unsaturated/α-hetero) is 1. The van der Waals surface area contributed by atoms with Crippen LogP contribution in [0, 0.1) is 0 Å². The Kier molecular flexibility index (Phi) is 5.78. The summed E-state index contributed by atoms with van der Waals surface area (Å²) in [5.74, 6) is -0.859. The summed E-state index contributed by atoms with van der Waals surface area (Å²) >= 11 is 0. The van der Waals surface area contributed by atoms with Crippen LogP contribution in [0.5, 0.6) is 17.2 Å². The van der Waals surface area contributed by atoms with E-state index in [-0.39, 0.29) is 35.0 Å². The van der Waals surface area contributed by atoms with Gasteiger partial charge in [0.25, 0.3) is 0 Å². The third kappa shape index (κ3) is 3.75. The first-order valence-corrected chi connectivity index (χ1v) is 6.26. The van der Waals surface area contributed by atoms with Crippen molar-refractivity contribution < 1.29 is 28.9 Å². The monoisotopic (exact) mass is 294 g/mol. The van der Waals surface area contributed by atoms with Gasteiger partial charge in [-0.1, -0.05) is 6.92 Å². The molecule has 6 heteroatoms. The van der Waals surface area contributed by atoms with Crippen LogP contribution in [0.3, 0.4) is 0 Å². The molecule has 0 saturated carbocycles. The Balaban J connectivity index is 3.39. The Morgan fingerprint density at radius 1 is 1.14 bits per heavy atom. The average Bonchev–Trinajstić information content (AvgIpc) is 2.52. The highest BCUT2D eigenvalue weighted by atomic mass is 16.5. The van der Waals surface area contributed by atoms with Crippen LogP contribution in [-0.2, 0) is 14.3 Å². The molecule has 0 aromatic heterocycles. The average molecular weight is 294 g/mol. The predicted octanol–water partition coefficient (Wildman–Crippen LogP) is 1.94. The number of ketones is 1. The Bertz CT molecular complexity index is 531. The maximum atomic E-state index is 11.8. The molecule has 0 saturated heterocycles. The van der Waals surface area contributed by atoms with Crippen LogP contribution < -0.4 is 9.47 Å². The van der Waals surface area contributed by atoms with E-state index in [1.807, 2.05) is 0 Å². The molecule has 0 aliphatic rings. The minimum Gasteiger partial charge on any atom is -0.502 e. The third-order valence-electron chi connectivity index (χ3n) is 2.84. The van der Waals surface area contributed by atoms with Crippen molar-refractivity contribution in [1.29, 1.82) is 0 Å². The van der Waals surface area contributed by atoms with Crippen molar-refractivity contribution in [2.45, 2.75) is 13.3 Å². The maximum Gasteiger partial charge on any atom is 0.341 e. The van der Waals surface area contributed by atoms with Crippen molar-refractivity contribution in [1.82, 2.24) is 0 Å². The number of phenolic OH excluding ortho intramolecular Hbond substituents is 1. The van der Waals surface area contributed by atoms with Gasteiger partial charge in [0, 0.05) is 6.42 Å². The van der Waals surface area contributed by atoms with E-state index >= 15 is 0 Å². The maximum absolute atomic E-state index is 11.8. The Morgan fingerprint density at radius 2 is 1.67 bits per heavy atom. The summed E-state index contributed by atoms with van der Waals surface area (Å²) < 4.78 is 14.7. The van der Waals surface area contributed by atoms with Crippen molar-refractivity contribution in [2.75, 3.05) is 21.3 Å². The summed E-state index contributed by atoms with van der Waals surface area (Å²) in [6.07, 6.45) is 1.55. The molecule has 1 N–H and O–H groups in total. The van der Waals surface area contributed by atoms with Crippen molar-refractivity contribution >= 4 is 17.8 Å². The van der Waals surface area contributed by atoms with Gasteiger partial charge in [0.2, 0.25) is 5.75 Å². The fourth-order valence-electron chi connectivity index (χ4n) is 1.72.